The number of nitrogens with zero attached hydrogens (tertiary/aromatic N) is 3. The zero-order valence-corrected chi connectivity index (χ0v) is 10.8. The summed E-state index contributed by atoms with van der Waals surface area (Å²) in [7, 11) is -1.47. The van der Waals surface area contributed by atoms with Crippen LogP contribution in [0, 0.1) is 0 Å². The molecule has 0 aliphatic rings. The third-order valence-electron chi connectivity index (χ3n) is 1.75. The van der Waals surface area contributed by atoms with Crippen LogP contribution in [0.5, 0.6) is 0 Å². The number of hydrogen-bond acceptors (Lipinski definition) is 3. The quantitative estimate of drug-likeness (QED) is 0.781. The lowest BCUT2D eigenvalue weighted by molar-refractivity contribution is -0.145. The Morgan fingerprint density at radius 3 is 2.11 bits per heavy atom. The maximum absolute atomic E-state index is 12.2. The monoisotopic (exact) mass is 279 g/mol. The second-order valence-electron chi connectivity index (χ2n) is 4.43. The predicted octanol–water partition coefficient (Wildman–Crippen LogP) is 2.38. The molecule has 1 rings (SSSR count). The standard InChI is InChI=1S/C10H12F3N3OS/c1-9(2,3)18(17)16-6-7-4-14-8(15-5-7)10(11,12)13/h4-6H,1-3H3/b16-6-. The summed E-state index contributed by atoms with van der Waals surface area (Å²) < 4.78 is 51.3. The second kappa shape index (κ2) is 5.13. The third-order valence-corrected chi connectivity index (χ3v) is 3.09. The third kappa shape index (κ3) is 4.17. The number of alkyl halides is 3. The van der Waals surface area contributed by atoms with Crippen molar-refractivity contribution in [2.75, 3.05) is 0 Å². The van der Waals surface area contributed by atoms with Gasteiger partial charge in [-0.3, -0.25) is 0 Å². The van der Waals surface area contributed by atoms with Crippen LogP contribution in [0.25, 0.3) is 0 Å². The predicted molar refractivity (Wildman–Crippen MR) is 62.5 cm³/mol. The molecule has 1 atom stereocenters. The van der Waals surface area contributed by atoms with Gasteiger partial charge >= 0.3 is 6.18 Å². The highest BCUT2D eigenvalue weighted by Crippen LogP contribution is 2.25. The summed E-state index contributed by atoms with van der Waals surface area (Å²) in [5, 5.41) is 0. The summed E-state index contributed by atoms with van der Waals surface area (Å²) >= 11 is 0. The van der Waals surface area contributed by atoms with E-state index in [4.69, 9.17) is 0 Å². The molecule has 1 heterocycles. The summed E-state index contributed by atoms with van der Waals surface area (Å²) in [6.07, 6.45) is -1.40. The molecule has 0 amide bonds. The Labute approximate surface area is 105 Å². The molecular formula is C10H12F3N3OS. The highest BCUT2D eigenvalue weighted by molar-refractivity contribution is 7.85. The highest BCUT2D eigenvalue weighted by atomic mass is 32.2. The van der Waals surface area contributed by atoms with Crippen molar-refractivity contribution in [1.82, 2.24) is 9.97 Å². The first-order chi connectivity index (χ1) is 8.10. The Bertz CT molecular complexity index is 463. The van der Waals surface area contributed by atoms with Crippen LogP contribution in [-0.4, -0.2) is 25.1 Å². The molecule has 0 aliphatic carbocycles. The molecule has 1 aromatic heterocycles. The highest BCUT2D eigenvalue weighted by Gasteiger charge is 2.34. The minimum absolute atomic E-state index is 0.264. The van der Waals surface area contributed by atoms with Crippen molar-refractivity contribution in [2.24, 2.45) is 4.40 Å². The topological polar surface area (TPSA) is 55.2 Å². The normalized spacial score (nSPS) is 15.0. The van der Waals surface area contributed by atoms with Crippen molar-refractivity contribution in [2.45, 2.75) is 31.7 Å². The lowest BCUT2D eigenvalue weighted by Gasteiger charge is -2.12. The van der Waals surface area contributed by atoms with E-state index in [9.17, 15) is 17.4 Å². The lowest BCUT2D eigenvalue weighted by atomic mass is 10.3. The van der Waals surface area contributed by atoms with E-state index in [1.165, 1.54) is 6.21 Å². The van der Waals surface area contributed by atoms with Crippen LogP contribution in [0.15, 0.2) is 16.8 Å². The van der Waals surface area contributed by atoms with Gasteiger partial charge in [-0.05, 0) is 20.8 Å². The van der Waals surface area contributed by atoms with Gasteiger partial charge in [-0.2, -0.15) is 17.6 Å². The van der Waals surface area contributed by atoms with Crippen molar-refractivity contribution in [1.29, 1.82) is 0 Å². The first-order valence-corrected chi connectivity index (χ1v) is 6.06. The SMILES string of the molecule is CC(C)(C)S(=O)/N=C\c1cnc(C(F)(F)F)nc1. The molecule has 0 spiro atoms. The number of rotatable bonds is 2. The van der Waals surface area contributed by atoms with E-state index in [-0.39, 0.29) is 5.56 Å². The molecule has 0 saturated carbocycles. The Kier molecular flexibility index (Phi) is 4.20. The summed E-state index contributed by atoms with van der Waals surface area (Å²) in [6, 6.07) is 0. The summed E-state index contributed by atoms with van der Waals surface area (Å²) in [5.74, 6) is -1.21. The smallest absolute Gasteiger partial charge is 0.234 e. The minimum atomic E-state index is -4.57. The van der Waals surface area contributed by atoms with Crippen molar-refractivity contribution in [3.8, 4) is 0 Å². The fraction of sp³-hybridized carbons (Fsp3) is 0.500. The van der Waals surface area contributed by atoms with E-state index in [0.717, 1.165) is 12.4 Å². The lowest BCUT2D eigenvalue weighted by Crippen LogP contribution is -2.19. The van der Waals surface area contributed by atoms with Crippen LogP contribution in [-0.2, 0) is 17.2 Å². The molecule has 1 unspecified atom stereocenters. The molecule has 0 fully saturated rings. The first-order valence-electron chi connectivity index (χ1n) is 4.96. The molecule has 4 nitrogen and oxygen atoms in total. The van der Waals surface area contributed by atoms with Gasteiger partial charge in [-0.1, -0.05) is 0 Å². The van der Waals surface area contributed by atoms with E-state index < -0.39 is 27.7 Å². The van der Waals surface area contributed by atoms with E-state index in [0.29, 0.717) is 0 Å². The molecule has 0 saturated heterocycles. The van der Waals surface area contributed by atoms with Crippen LogP contribution in [0.4, 0.5) is 13.2 Å². The van der Waals surface area contributed by atoms with Crippen LogP contribution in [0.1, 0.15) is 32.2 Å². The molecule has 0 aliphatic heterocycles. The van der Waals surface area contributed by atoms with E-state index in [2.05, 4.69) is 14.4 Å². The Morgan fingerprint density at radius 1 is 1.22 bits per heavy atom. The Hall–Kier alpha value is -1.31. The molecule has 0 N–H and O–H groups in total. The van der Waals surface area contributed by atoms with E-state index in [1.54, 1.807) is 20.8 Å². The first kappa shape index (κ1) is 14.7. The van der Waals surface area contributed by atoms with Gasteiger partial charge in [0.15, 0.2) is 0 Å². The number of aromatic nitrogens is 2. The van der Waals surface area contributed by atoms with Crippen molar-refractivity contribution < 1.29 is 17.4 Å². The average Bonchev–Trinajstić information content (AvgIpc) is 2.24. The zero-order valence-electron chi connectivity index (χ0n) is 10.0. The van der Waals surface area contributed by atoms with Crippen molar-refractivity contribution in [3.63, 3.8) is 0 Å². The zero-order chi connectivity index (χ0) is 14.0. The Morgan fingerprint density at radius 2 is 1.72 bits per heavy atom. The molecule has 18 heavy (non-hydrogen) atoms. The van der Waals surface area contributed by atoms with Crippen molar-refractivity contribution >= 4 is 17.2 Å². The van der Waals surface area contributed by atoms with Crippen molar-refractivity contribution in [3.05, 3.63) is 23.8 Å². The molecule has 0 aromatic carbocycles. The summed E-state index contributed by atoms with van der Waals surface area (Å²) in [6.45, 7) is 5.22. The summed E-state index contributed by atoms with van der Waals surface area (Å²) in [5.41, 5.74) is 0.264. The maximum atomic E-state index is 12.2. The fourth-order valence-corrected chi connectivity index (χ4v) is 1.35. The molecule has 0 radical (unpaired) electrons. The van der Waals surface area contributed by atoms with Gasteiger partial charge in [-0.25, -0.2) is 14.2 Å². The second-order valence-corrected chi connectivity index (χ2v) is 6.37. The van der Waals surface area contributed by atoms with Gasteiger partial charge in [0.1, 0.15) is 11.0 Å². The van der Waals surface area contributed by atoms with Crippen LogP contribution in [0.2, 0.25) is 0 Å². The molecule has 8 heteroatoms. The minimum Gasteiger partial charge on any atom is -0.234 e. The molecular weight excluding hydrogens is 267 g/mol. The van der Waals surface area contributed by atoms with E-state index in [1.807, 2.05) is 0 Å². The molecule has 0 bridgehead atoms. The molecule has 1 aromatic rings. The van der Waals surface area contributed by atoms with Gasteiger partial charge in [0.25, 0.3) is 0 Å². The number of hydrogen-bond donors (Lipinski definition) is 0. The van der Waals surface area contributed by atoms with Crippen LogP contribution in [0.3, 0.4) is 0 Å². The van der Waals surface area contributed by atoms with Gasteiger partial charge in [0, 0.05) is 24.2 Å². The summed E-state index contributed by atoms with van der Waals surface area (Å²) in [4.78, 5) is 6.33. The van der Waals surface area contributed by atoms with Gasteiger partial charge < -0.3 is 0 Å². The largest absolute Gasteiger partial charge is 0.451 e. The van der Waals surface area contributed by atoms with Gasteiger partial charge in [-0.15, -0.1) is 0 Å². The average molecular weight is 279 g/mol. The molecule has 100 valence electrons. The van der Waals surface area contributed by atoms with Gasteiger partial charge in [0.05, 0.1) is 4.75 Å². The van der Waals surface area contributed by atoms with Crippen LogP contribution < -0.4 is 0 Å². The Balaban J connectivity index is 2.82. The van der Waals surface area contributed by atoms with Crippen LogP contribution >= 0.6 is 0 Å². The fourth-order valence-electron chi connectivity index (χ4n) is 0.818. The maximum Gasteiger partial charge on any atom is 0.451 e. The van der Waals surface area contributed by atoms with Gasteiger partial charge in [0.2, 0.25) is 5.82 Å². The number of halogens is 3. The van der Waals surface area contributed by atoms with E-state index >= 15 is 0 Å².